The molecule has 0 atom stereocenters. The molecule has 3 heteroatoms. The molecule has 13 heavy (non-hydrogen) atoms. The van der Waals surface area contributed by atoms with Gasteiger partial charge in [0.15, 0.2) is 0 Å². The molecule has 0 heterocycles. The summed E-state index contributed by atoms with van der Waals surface area (Å²) in [6.07, 6.45) is 0. The Kier molecular flexibility index (Phi) is 2.36. The van der Waals surface area contributed by atoms with Gasteiger partial charge in [0.05, 0.1) is 0 Å². The lowest BCUT2D eigenvalue weighted by Crippen LogP contribution is -2.13. The summed E-state index contributed by atoms with van der Waals surface area (Å²) in [7, 11) is 0. The van der Waals surface area contributed by atoms with Crippen LogP contribution in [0.25, 0.3) is 0 Å². The van der Waals surface area contributed by atoms with Crippen molar-refractivity contribution in [3.8, 4) is 0 Å². The molecule has 0 amide bonds. The van der Waals surface area contributed by atoms with Crippen molar-refractivity contribution in [2.45, 2.75) is 19.5 Å². The maximum atomic E-state index is 13.4. The third-order valence-electron chi connectivity index (χ3n) is 1.88. The lowest BCUT2D eigenvalue weighted by molar-refractivity contribution is 0.221. The van der Waals surface area contributed by atoms with E-state index in [0.29, 0.717) is 11.1 Å². The number of rotatable bonds is 2. The molecule has 0 saturated carbocycles. The zero-order valence-corrected chi connectivity index (χ0v) is 7.76. The van der Waals surface area contributed by atoms with Gasteiger partial charge in [-0.25, -0.2) is 4.39 Å². The van der Waals surface area contributed by atoms with E-state index in [2.05, 4.69) is 0 Å². The third kappa shape index (κ3) is 2.28. The van der Waals surface area contributed by atoms with Gasteiger partial charge in [0.1, 0.15) is 11.5 Å². The Bertz CT molecular complexity index is 309. The zero-order valence-electron chi connectivity index (χ0n) is 7.76. The van der Waals surface area contributed by atoms with Crippen molar-refractivity contribution >= 4 is 5.84 Å². The zero-order chi connectivity index (χ0) is 10.1. The largest absolute Gasteiger partial charge is 0.384 e. The summed E-state index contributed by atoms with van der Waals surface area (Å²) in [5, 5.41) is 7.15. The van der Waals surface area contributed by atoms with Crippen molar-refractivity contribution in [1.82, 2.24) is 0 Å². The van der Waals surface area contributed by atoms with Crippen molar-refractivity contribution < 1.29 is 4.39 Å². The smallest absolute Gasteiger partial charge is 0.130 e. The van der Waals surface area contributed by atoms with E-state index in [1.165, 1.54) is 13.8 Å². The first kappa shape index (κ1) is 9.71. The molecule has 1 aromatic carbocycles. The van der Waals surface area contributed by atoms with Crippen molar-refractivity contribution in [2.24, 2.45) is 5.73 Å². The molecule has 2 nitrogen and oxygen atoms in total. The van der Waals surface area contributed by atoms with Crippen LogP contribution in [-0.4, -0.2) is 5.84 Å². The molecule has 1 rings (SSSR count). The molecule has 0 aromatic heterocycles. The normalized spacial score (nSPS) is 11.3. The summed E-state index contributed by atoms with van der Waals surface area (Å²) in [6.45, 7) is 2.99. The summed E-state index contributed by atoms with van der Waals surface area (Å²) in [4.78, 5) is 0. The first-order chi connectivity index (χ1) is 5.91. The highest BCUT2D eigenvalue weighted by atomic mass is 19.1. The molecule has 0 unspecified atom stereocenters. The van der Waals surface area contributed by atoms with E-state index in [4.69, 9.17) is 11.1 Å². The minimum atomic E-state index is -1.34. The van der Waals surface area contributed by atoms with Gasteiger partial charge >= 0.3 is 0 Å². The molecule has 0 fully saturated rings. The number of halogens is 1. The third-order valence-corrected chi connectivity index (χ3v) is 1.88. The number of nitrogens with one attached hydrogen (secondary N) is 1. The van der Waals surface area contributed by atoms with Gasteiger partial charge in [0, 0.05) is 5.56 Å². The number of nitrogen functional groups attached to an aromatic ring is 1. The second kappa shape index (κ2) is 3.17. The Morgan fingerprint density at radius 3 is 2.08 bits per heavy atom. The lowest BCUT2D eigenvalue weighted by atomic mass is 9.99. The van der Waals surface area contributed by atoms with E-state index in [1.807, 2.05) is 0 Å². The fourth-order valence-electron chi connectivity index (χ4n) is 1.05. The summed E-state index contributed by atoms with van der Waals surface area (Å²) in [5.41, 5.74) is 5.14. The highest BCUT2D eigenvalue weighted by Gasteiger charge is 2.17. The van der Waals surface area contributed by atoms with Gasteiger partial charge < -0.3 is 5.73 Å². The molecule has 0 aliphatic carbocycles. The van der Waals surface area contributed by atoms with Gasteiger partial charge in [-0.15, -0.1) is 0 Å². The van der Waals surface area contributed by atoms with Crippen LogP contribution in [0.5, 0.6) is 0 Å². The van der Waals surface area contributed by atoms with Crippen LogP contribution in [0.1, 0.15) is 25.0 Å². The predicted octanol–water partition coefficient (Wildman–Crippen LogP) is 2.18. The minimum absolute atomic E-state index is 0.00298. The van der Waals surface area contributed by atoms with Crippen LogP contribution in [0.4, 0.5) is 4.39 Å². The summed E-state index contributed by atoms with van der Waals surface area (Å²) in [5.74, 6) is 0.00298. The van der Waals surface area contributed by atoms with Gasteiger partial charge in [-0.3, -0.25) is 5.41 Å². The highest BCUT2D eigenvalue weighted by molar-refractivity contribution is 5.94. The Labute approximate surface area is 77.1 Å². The van der Waals surface area contributed by atoms with Gasteiger partial charge in [0.25, 0.3) is 0 Å². The molecule has 0 aliphatic heterocycles. The topological polar surface area (TPSA) is 49.9 Å². The molecule has 0 saturated heterocycles. The first-order valence-electron chi connectivity index (χ1n) is 4.05. The van der Waals surface area contributed by atoms with E-state index in [9.17, 15) is 4.39 Å². The molecular weight excluding hydrogens is 167 g/mol. The summed E-state index contributed by atoms with van der Waals surface area (Å²) in [6, 6.07) is 6.60. The van der Waals surface area contributed by atoms with Crippen LogP contribution < -0.4 is 5.73 Å². The van der Waals surface area contributed by atoms with Crippen LogP contribution in [0.15, 0.2) is 24.3 Å². The van der Waals surface area contributed by atoms with E-state index < -0.39 is 5.67 Å². The quantitative estimate of drug-likeness (QED) is 0.532. The van der Waals surface area contributed by atoms with Crippen LogP contribution in [0.2, 0.25) is 0 Å². The van der Waals surface area contributed by atoms with Crippen molar-refractivity contribution in [3.05, 3.63) is 35.4 Å². The second-order valence-electron chi connectivity index (χ2n) is 3.46. The molecule has 1 aromatic rings. The molecule has 0 spiro atoms. The van der Waals surface area contributed by atoms with Crippen LogP contribution in [-0.2, 0) is 5.67 Å². The van der Waals surface area contributed by atoms with Crippen molar-refractivity contribution in [3.63, 3.8) is 0 Å². The average Bonchev–Trinajstić information content (AvgIpc) is 2.03. The maximum absolute atomic E-state index is 13.4. The lowest BCUT2D eigenvalue weighted by Gasteiger charge is -2.14. The predicted molar refractivity (Wildman–Crippen MR) is 51.6 cm³/mol. The fraction of sp³-hybridized carbons (Fsp3) is 0.300. The number of hydrogen-bond acceptors (Lipinski definition) is 1. The van der Waals surface area contributed by atoms with Crippen LogP contribution >= 0.6 is 0 Å². The first-order valence-corrected chi connectivity index (χ1v) is 4.05. The minimum Gasteiger partial charge on any atom is -0.384 e. The van der Waals surface area contributed by atoms with Crippen molar-refractivity contribution in [2.75, 3.05) is 0 Å². The number of hydrogen-bond donors (Lipinski definition) is 2. The maximum Gasteiger partial charge on any atom is 0.130 e. The van der Waals surface area contributed by atoms with Gasteiger partial charge in [-0.1, -0.05) is 24.3 Å². The van der Waals surface area contributed by atoms with Crippen LogP contribution in [0, 0.1) is 5.41 Å². The Hall–Kier alpha value is -1.38. The molecule has 0 radical (unpaired) electrons. The molecule has 3 N–H and O–H groups in total. The average molecular weight is 180 g/mol. The van der Waals surface area contributed by atoms with E-state index in [0.717, 1.165) is 0 Å². The van der Waals surface area contributed by atoms with E-state index in [-0.39, 0.29) is 5.84 Å². The summed E-state index contributed by atoms with van der Waals surface area (Å²) < 4.78 is 13.4. The van der Waals surface area contributed by atoms with E-state index >= 15 is 0 Å². The summed E-state index contributed by atoms with van der Waals surface area (Å²) >= 11 is 0. The van der Waals surface area contributed by atoms with Crippen LogP contribution in [0.3, 0.4) is 0 Å². The standard InChI is InChI=1S/C10H13FN2/c1-10(2,11)8-5-3-7(4-6-8)9(12)13/h3-6H,1-2H3,(H3,12,13). The molecule has 0 bridgehead atoms. The Balaban J connectivity index is 3.01. The second-order valence-corrected chi connectivity index (χ2v) is 3.46. The van der Waals surface area contributed by atoms with Gasteiger partial charge in [-0.05, 0) is 19.4 Å². The Morgan fingerprint density at radius 2 is 1.77 bits per heavy atom. The number of benzene rings is 1. The Morgan fingerprint density at radius 1 is 1.31 bits per heavy atom. The highest BCUT2D eigenvalue weighted by Crippen LogP contribution is 2.24. The van der Waals surface area contributed by atoms with Gasteiger partial charge in [-0.2, -0.15) is 0 Å². The molecular formula is C10H13FN2. The van der Waals surface area contributed by atoms with Crippen molar-refractivity contribution in [1.29, 1.82) is 5.41 Å². The van der Waals surface area contributed by atoms with E-state index in [1.54, 1.807) is 24.3 Å². The number of amidine groups is 1. The monoisotopic (exact) mass is 180 g/mol. The number of nitrogens with two attached hydrogens (primary N) is 1. The number of alkyl halides is 1. The molecule has 70 valence electrons. The fourth-order valence-corrected chi connectivity index (χ4v) is 1.05. The van der Waals surface area contributed by atoms with Gasteiger partial charge in [0.2, 0.25) is 0 Å². The SMILES string of the molecule is CC(C)(F)c1ccc(C(=N)N)cc1. The molecule has 0 aliphatic rings.